The van der Waals surface area contributed by atoms with Crippen LogP contribution in [-0.2, 0) is 0 Å². The molecular weight excluding hydrogens is 240 g/mol. The molecule has 0 aromatic heterocycles. The van der Waals surface area contributed by atoms with Gasteiger partial charge >= 0.3 is 0 Å². The highest BCUT2D eigenvalue weighted by Gasteiger charge is 2.51. The van der Waals surface area contributed by atoms with Crippen LogP contribution in [0, 0.1) is 35.5 Å². The van der Waals surface area contributed by atoms with Crippen molar-refractivity contribution in [3.05, 3.63) is 48.0 Å². The van der Waals surface area contributed by atoms with E-state index in [1.807, 2.05) is 0 Å². The van der Waals surface area contributed by atoms with Crippen LogP contribution in [-0.4, -0.2) is 0 Å². The van der Waals surface area contributed by atoms with Crippen LogP contribution in [0.4, 0.5) is 0 Å². The van der Waals surface area contributed by atoms with Gasteiger partial charge in [0.15, 0.2) is 0 Å². The van der Waals surface area contributed by atoms with Crippen LogP contribution in [0.1, 0.15) is 43.6 Å². The maximum Gasteiger partial charge on any atom is -0.0131 e. The van der Waals surface area contributed by atoms with Gasteiger partial charge in [-0.05, 0) is 79.1 Å². The summed E-state index contributed by atoms with van der Waals surface area (Å²) in [4.78, 5) is 0. The molecule has 7 atom stereocenters. The highest BCUT2D eigenvalue weighted by atomic mass is 14.6. The maximum absolute atomic E-state index is 2.56. The van der Waals surface area contributed by atoms with E-state index in [0.29, 0.717) is 0 Å². The van der Waals surface area contributed by atoms with Crippen molar-refractivity contribution in [2.45, 2.75) is 38.0 Å². The van der Waals surface area contributed by atoms with E-state index >= 15 is 0 Å². The predicted octanol–water partition coefficient (Wildman–Crippen LogP) is 5.03. The fourth-order valence-corrected chi connectivity index (χ4v) is 6.27. The van der Waals surface area contributed by atoms with Crippen molar-refractivity contribution >= 4 is 0 Å². The van der Waals surface area contributed by atoms with Gasteiger partial charge in [-0.3, -0.25) is 0 Å². The molecule has 104 valence electrons. The molecule has 7 unspecified atom stereocenters. The second-order valence-electron chi connectivity index (χ2n) is 7.85. The lowest BCUT2D eigenvalue weighted by Crippen LogP contribution is -2.26. The minimum atomic E-state index is 0.881. The van der Waals surface area contributed by atoms with E-state index in [2.05, 4.69) is 42.5 Å². The molecular formula is C20H24. The molecule has 1 aromatic rings. The molecule has 5 rings (SSSR count). The van der Waals surface area contributed by atoms with Crippen LogP contribution in [0.3, 0.4) is 0 Å². The first-order valence-corrected chi connectivity index (χ1v) is 8.62. The molecule has 0 heterocycles. The third-order valence-corrected chi connectivity index (χ3v) is 7.02. The van der Waals surface area contributed by atoms with Crippen molar-refractivity contribution in [2.75, 3.05) is 0 Å². The molecule has 0 N–H and O–H groups in total. The van der Waals surface area contributed by atoms with Gasteiger partial charge in [0.05, 0.1) is 0 Å². The number of rotatable bonds is 2. The zero-order valence-electron chi connectivity index (χ0n) is 12.1. The normalized spacial score (nSPS) is 48.3. The Balaban J connectivity index is 1.34. The van der Waals surface area contributed by atoms with Crippen LogP contribution < -0.4 is 0 Å². The summed E-state index contributed by atoms with van der Waals surface area (Å²) in [5, 5.41) is 0. The van der Waals surface area contributed by atoms with Crippen molar-refractivity contribution in [1.82, 2.24) is 0 Å². The number of hydrogen-bond donors (Lipinski definition) is 0. The van der Waals surface area contributed by atoms with Gasteiger partial charge in [-0.25, -0.2) is 0 Å². The van der Waals surface area contributed by atoms with Gasteiger partial charge in [0, 0.05) is 0 Å². The lowest BCUT2D eigenvalue weighted by molar-refractivity contribution is 0.189. The average molecular weight is 264 g/mol. The third kappa shape index (κ3) is 1.60. The summed E-state index contributed by atoms with van der Waals surface area (Å²) in [7, 11) is 0. The van der Waals surface area contributed by atoms with E-state index in [0.717, 1.165) is 41.4 Å². The van der Waals surface area contributed by atoms with Crippen LogP contribution in [0.5, 0.6) is 0 Å². The van der Waals surface area contributed by atoms with E-state index < -0.39 is 0 Å². The van der Waals surface area contributed by atoms with E-state index in [-0.39, 0.29) is 0 Å². The van der Waals surface area contributed by atoms with Crippen molar-refractivity contribution in [1.29, 1.82) is 0 Å². The molecule has 4 bridgehead atoms. The van der Waals surface area contributed by atoms with Gasteiger partial charge < -0.3 is 0 Å². The Kier molecular flexibility index (Phi) is 2.45. The van der Waals surface area contributed by atoms with Gasteiger partial charge in [-0.15, -0.1) is 0 Å². The van der Waals surface area contributed by atoms with Gasteiger partial charge in [0.25, 0.3) is 0 Å². The predicted molar refractivity (Wildman–Crippen MR) is 82.3 cm³/mol. The van der Waals surface area contributed by atoms with Gasteiger partial charge in [0.1, 0.15) is 0 Å². The summed E-state index contributed by atoms with van der Waals surface area (Å²) in [6.07, 6.45) is 12.6. The fraction of sp³-hybridized carbons (Fsp3) is 0.600. The summed E-state index contributed by atoms with van der Waals surface area (Å²) in [6, 6.07) is 11.3. The summed E-state index contributed by atoms with van der Waals surface area (Å²) in [5.41, 5.74) is 1.62. The maximum atomic E-state index is 2.56. The molecule has 0 nitrogen and oxygen atoms in total. The van der Waals surface area contributed by atoms with E-state index in [1.54, 1.807) is 5.56 Å². The molecule has 3 fully saturated rings. The van der Waals surface area contributed by atoms with Crippen molar-refractivity contribution < 1.29 is 0 Å². The summed E-state index contributed by atoms with van der Waals surface area (Å²) in [5.74, 6) is 6.95. The standard InChI is InChI=1S/C20H24/c1-2-4-14(5-3-1)18-11-17-10-16(18)12-20(17)19-9-13-6-7-15(19)8-13/h1-7,13,15-20H,8-12H2. The van der Waals surface area contributed by atoms with E-state index in [4.69, 9.17) is 0 Å². The first-order chi connectivity index (χ1) is 9.88. The molecule has 0 heteroatoms. The zero-order valence-corrected chi connectivity index (χ0v) is 12.1. The number of benzene rings is 1. The summed E-state index contributed by atoms with van der Waals surface area (Å²) >= 11 is 0. The Labute approximate surface area is 122 Å². The first-order valence-electron chi connectivity index (χ1n) is 8.62. The van der Waals surface area contributed by atoms with Gasteiger partial charge in [-0.1, -0.05) is 42.5 Å². The smallest absolute Gasteiger partial charge is 0.0131 e. The van der Waals surface area contributed by atoms with Crippen molar-refractivity contribution in [2.24, 2.45) is 35.5 Å². The third-order valence-electron chi connectivity index (χ3n) is 7.02. The molecule has 0 saturated heterocycles. The summed E-state index contributed by atoms with van der Waals surface area (Å²) < 4.78 is 0. The van der Waals surface area contributed by atoms with Crippen LogP contribution in [0.25, 0.3) is 0 Å². The zero-order chi connectivity index (χ0) is 13.1. The molecule has 3 saturated carbocycles. The van der Waals surface area contributed by atoms with Crippen molar-refractivity contribution in [3.63, 3.8) is 0 Å². The topological polar surface area (TPSA) is 0 Å². The number of allylic oxidation sites excluding steroid dienone is 2. The average Bonchev–Trinajstić information content (AvgIpc) is 3.26. The van der Waals surface area contributed by atoms with Crippen LogP contribution >= 0.6 is 0 Å². The Bertz CT molecular complexity index is 528. The van der Waals surface area contributed by atoms with Gasteiger partial charge in [0.2, 0.25) is 0 Å². The minimum absolute atomic E-state index is 0.881. The molecule has 0 radical (unpaired) electrons. The Morgan fingerprint density at radius 3 is 2.25 bits per heavy atom. The Morgan fingerprint density at radius 1 is 0.700 bits per heavy atom. The van der Waals surface area contributed by atoms with Crippen LogP contribution in [0.15, 0.2) is 42.5 Å². The SMILES string of the molecule is C1=CC2CC1CC2C1CC2CC1CC2c1ccccc1. The molecule has 0 spiro atoms. The monoisotopic (exact) mass is 264 g/mol. The van der Waals surface area contributed by atoms with E-state index in [1.165, 1.54) is 32.1 Å². The van der Waals surface area contributed by atoms with E-state index in [9.17, 15) is 0 Å². The largest absolute Gasteiger partial charge is 0.0851 e. The highest BCUT2D eigenvalue weighted by Crippen LogP contribution is 2.61. The molecule has 4 aliphatic rings. The van der Waals surface area contributed by atoms with Gasteiger partial charge in [-0.2, -0.15) is 0 Å². The van der Waals surface area contributed by atoms with Crippen LogP contribution in [0.2, 0.25) is 0 Å². The summed E-state index contributed by atoms with van der Waals surface area (Å²) in [6.45, 7) is 0. The highest BCUT2D eigenvalue weighted by molar-refractivity contribution is 5.24. The first kappa shape index (κ1) is 11.6. The lowest BCUT2D eigenvalue weighted by Gasteiger charge is -2.35. The van der Waals surface area contributed by atoms with Crippen molar-refractivity contribution in [3.8, 4) is 0 Å². The quantitative estimate of drug-likeness (QED) is 0.657. The molecule has 4 aliphatic carbocycles. The Hall–Kier alpha value is -1.04. The Morgan fingerprint density at radius 2 is 1.60 bits per heavy atom. The molecule has 1 aromatic carbocycles. The fourth-order valence-electron chi connectivity index (χ4n) is 6.27. The number of fused-ring (bicyclic) bond motifs is 4. The molecule has 0 aliphatic heterocycles. The lowest BCUT2D eigenvalue weighted by atomic mass is 9.70. The number of hydrogen-bond acceptors (Lipinski definition) is 0. The second kappa shape index (κ2) is 4.23. The molecule has 0 amide bonds. The molecule has 20 heavy (non-hydrogen) atoms. The minimum Gasteiger partial charge on any atom is -0.0851 e. The second-order valence-corrected chi connectivity index (χ2v) is 7.85.